The Morgan fingerprint density at radius 3 is 2.42 bits per heavy atom. The Kier molecular flexibility index (Phi) is 5.71. The predicted octanol–water partition coefficient (Wildman–Crippen LogP) is 5.10. The third kappa shape index (κ3) is 4.21. The lowest BCUT2D eigenvalue weighted by atomic mass is 10.2. The van der Waals surface area contributed by atoms with Crippen molar-refractivity contribution in [3.8, 4) is 5.69 Å². The summed E-state index contributed by atoms with van der Waals surface area (Å²) in [5, 5.41) is 7.09. The summed E-state index contributed by atoms with van der Waals surface area (Å²) in [6, 6.07) is 15.5. The maximum Gasteiger partial charge on any atom is 0.226 e. The van der Waals surface area contributed by atoms with Crippen LogP contribution in [-0.4, -0.2) is 50.8 Å². The topological polar surface area (TPSA) is 50.1 Å². The molecule has 1 aliphatic heterocycles. The number of anilines is 1. The fraction of sp³-hybridized carbons (Fsp3) is 0.227. The van der Waals surface area contributed by atoms with Crippen molar-refractivity contribution in [3.05, 3.63) is 75.6 Å². The van der Waals surface area contributed by atoms with E-state index in [0.29, 0.717) is 10.7 Å². The van der Waals surface area contributed by atoms with Crippen molar-refractivity contribution in [2.45, 2.75) is 6.54 Å². The summed E-state index contributed by atoms with van der Waals surface area (Å²) < 4.78 is 1.80. The number of fused-ring (bicyclic) bond motifs is 1. The smallest absolute Gasteiger partial charge is 0.226 e. The summed E-state index contributed by atoms with van der Waals surface area (Å²) in [5.74, 6) is 0.817. The van der Waals surface area contributed by atoms with E-state index in [9.17, 15) is 0 Å². The molecule has 0 N–H and O–H groups in total. The molecule has 31 heavy (non-hydrogen) atoms. The van der Waals surface area contributed by atoms with Crippen LogP contribution in [0.15, 0.2) is 54.7 Å². The lowest BCUT2D eigenvalue weighted by Gasteiger charge is -2.35. The van der Waals surface area contributed by atoms with E-state index in [4.69, 9.17) is 34.8 Å². The zero-order valence-corrected chi connectivity index (χ0v) is 18.8. The molecule has 0 saturated carbocycles. The van der Waals surface area contributed by atoms with Gasteiger partial charge in [-0.05, 0) is 47.5 Å². The minimum absolute atomic E-state index is 0.216. The number of hydrogen-bond acceptors (Lipinski definition) is 5. The van der Waals surface area contributed by atoms with E-state index >= 15 is 0 Å². The molecule has 0 spiro atoms. The first-order valence-corrected chi connectivity index (χ1v) is 11.1. The fourth-order valence-corrected chi connectivity index (χ4v) is 4.42. The number of rotatable bonds is 4. The molecule has 0 atom stereocenters. The minimum Gasteiger partial charge on any atom is -0.353 e. The molecule has 0 bridgehead atoms. The van der Waals surface area contributed by atoms with Gasteiger partial charge in [-0.1, -0.05) is 41.4 Å². The minimum atomic E-state index is 0.216. The van der Waals surface area contributed by atoms with E-state index in [1.54, 1.807) is 4.68 Å². The van der Waals surface area contributed by atoms with Gasteiger partial charge in [-0.15, -0.1) is 0 Å². The van der Waals surface area contributed by atoms with Gasteiger partial charge in [-0.2, -0.15) is 15.1 Å². The summed E-state index contributed by atoms with van der Waals surface area (Å²) in [5.41, 5.74) is 2.68. The maximum absolute atomic E-state index is 6.34. The van der Waals surface area contributed by atoms with E-state index in [1.165, 1.54) is 0 Å². The summed E-state index contributed by atoms with van der Waals surface area (Å²) in [6.45, 7) is 4.14. The van der Waals surface area contributed by atoms with Crippen molar-refractivity contribution < 1.29 is 0 Å². The van der Waals surface area contributed by atoms with Crippen molar-refractivity contribution in [2.24, 2.45) is 0 Å². The molecule has 4 aromatic rings. The van der Waals surface area contributed by atoms with E-state index in [-0.39, 0.29) is 5.28 Å². The number of hydrogen-bond donors (Lipinski definition) is 0. The van der Waals surface area contributed by atoms with Crippen molar-refractivity contribution in [1.29, 1.82) is 0 Å². The fourth-order valence-electron chi connectivity index (χ4n) is 3.89. The van der Waals surface area contributed by atoms with Crippen LogP contribution in [0, 0.1) is 0 Å². The van der Waals surface area contributed by atoms with Crippen LogP contribution >= 0.6 is 34.8 Å². The van der Waals surface area contributed by atoms with Gasteiger partial charge in [-0.3, -0.25) is 4.90 Å². The molecule has 6 nitrogen and oxygen atoms in total. The van der Waals surface area contributed by atoms with Gasteiger partial charge in [0.15, 0.2) is 5.65 Å². The molecule has 0 aliphatic carbocycles. The Morgan fingerprint density at radius 1 is 0.871 bits per heavy atom. The second-order valence-electron chi connectivity index (χ2n) is 7.44. The number of benzene rings is 2. The Hall–Kier alpha value is -2.38. The highest BCUT2D eigenvalue weighted by molar-refractivity contribution is 6.33. The first-order valence-electron chi connectivity index (χ1n) is 9.96. The van der Waals surface area contributed by atoms with Gasteiger partial charge in [0.05, 0.1) is 17.3 Å². The largest absolute Gasteiger partial charge is 0.353 e. The molecule has 2 aromatic carbocycles. The number of halogens is 3. The maximum atomic E-state index is 6.34. The van der Waals surface area contributed by atoms with Gasteiger partial charge in [0.1, 0.15) is 5.82 Å². The van der Waals surface area contributed by atoms with Crippen LogP contribution in [0.4, 0.5) is 5.82 Å². The highest BCUT2D eigenvalue weighted by Gasteiger charge is 2.23. The van der Waals surface area contributed by atoms with Crippen LogP contribution in [0.1, 0.15) is 5.56 Å². The molecule has 1 saturated heterocycles. The summed E-state index contributed by atoms with van der Waals surface area (Å²) in [4.78, 5) is 13.6. The quantitative estimate of drug-likeness (QED) is 0.386. The SMILES string of the molecule is Clc1ccc(Cl)c(CN2CCN(c3nc(Cl)nc4c3cnn4-c3ccccc3)CC2)c1. The normalized spacial score (nSPS) is 15.0. The van der Waals surface area contributed by atoms with Crippen LogP contribution in [0.5, 0.6) is 0 Å². The van der Waals surface area contributed by atoms with Gasteiger partial charge >= 0.3 is 0 Å². The second-order valence-corrected chi connectivity index (χ2v) is 8.63. The van der Waals surface area contributed by atoms with Gasteiger partial charge in [0, 0.05) is 42.8 Å². The highest BCUT2D eigenvalue weighted by Crippen LogP contribution is 2.28. The van der Waals surface area contributed by atoms with E-state index in [0.717, 1.165) is 60.2 Å². The van der Waals surface area contributed by atoms with Crippen molar-refractivity contribution in [2.75, 3.05) is 31.1 Å². The number of piperazine rings is 1. The number of para-hydroxylation sites is 1. The van der Waals surface area contributed by atoms with Gasteiger partial charge in [-0.25, -0.2) is 4.68 Å². The van der Waals surface area contributed by atoms with Crippen LogP contribution in [-0.2, 0) is 6.54 Å². The summed E-state index contributed by atoms with van der Waals surface area (Å²) >= 11 is 18.8. The molecule has 5 rings (SSSR count). The average molecular weight is 474 g/mol. The monoisotopic (exact) mass is 472 g/mol. The van der Waals surface area contributed by atoms with Crippen LogP contribution in [0.3, 0.4) is 0 Å². The predicted molar refractivity (Wildman–Crippen MR) is 126 cm³/mol. The second kappa shape index (κ2) is 8.63. The highest BCUT2D eigenvalue weighted by atomic mass is 35.5. The lowest BCUT2D eigenvalue weighted by molar-refractivity contribution is 0.249. The Morgan fingerprint density at radius 2 is 1.65 bits per heavy atom. The molecular weight excluding hydrogens is 455 g/mol. The Labute approximate surface area is 195 Å². The number of aromatic nitrogens is 4. The summed E-state index contributed by atoms with van der Waals surface area (Å²) in [6.07, 6.45) is 1.81. The molecule has 158 valence electrons. The molecule has 2 aromatic heterocycles. The molecule has 9 heteroatoms. The molecule has 3 heterocycles. The molecule has 0 unspecified atom stereocenters. The zero-order valence-electron chi connectivity index (χ0n) is 16.5. The van der Waals surface area contributed by atoms with Crippen molar-refractivity contribution in [1.82, 2.24) is 24.6 Å². The van der Waals surface area contributed by atoms with Crippen LogP contribution < -0.4 is 4.90 Å². The third-order valence-electron chi connectivity index (χ3n) is 5.46. The lowest BCUT2D eigenvalue weighted by Crippen LogP contribution is -2.46. The molecule has 0 amide bonds. The van der Waals surface area contributed by atoms with Gasteiger partial charge in [0.25, 0.3) is 0 Å². The van der Waals surface area contributed by atoms with E-state index in [1.807, 2.05) is 54.7 Å². The Balaban J connectivity index is 1.37. The molecule has 1 aliphatic rings. The van der Waals surface area contributed by atoms with Crippen LogP contribution in [0.25, 0.3) is 16.7 Å². The first-order chi connectivity index (χ1) is 15.1. The molecular formula is C22H19Cl3N6. The van der Waals surface area contributed by atoms with Gasteiger partial charge in [0.2, 0.25) is 5.28 Å². The van der Waals surface area contributed by atoms with Gasteiger partial charge < -0.3 is 4.90 Å². The first kappa shape index (κ1) is 20.5. The molecule has 1 fully saturated rings. The number of nitrogens with zero attached hydrogens (tertiary/aromatic N) is 6. The van der Waals surface area contributed by atoms with Crippen LogP contribution in [0.2, 0.25) is 15.3 Å². The average Bonchev–Trinajstić information content (AvgIpc) is 3.20. The van der Waals surface area contributed by atoms with Crippen molar-refractivity contribution >= 4 is 51.7 Å². The van der Waals surface area contributed by atoms with E-state index in [2.05, 4.69) is 24.9 Å². The Bertz CT molecular complexity index is 1220. The van der Waals surface area contributed by atoms with Crippen molar-refractivity contribution in [3.63, 3.8) is 0 Å². The molecule has 0 radical (unpaired) electrons. The standard InChI is InChI=1S/C22H19Cl3N6/c23-16-6-7-19(24)15(12-16)14-29-8-10-30(11-9-29)20-18-13-26-31(17-4-2-1-3-5-17)21(18)28-22(25)27-20/h1-7,12-13H,8-11,14H2. The third-order valence-corrected chi connectivity index (χ3v) is 6.23. The van der Waals surface area contributed by atoms with E-state index < -0.39 is 0 Å². The summed E-state index contributed by atoms with van der Waals surface area (Å²) in [7, 11) is 0. The zero-order chi connectivity index (χ0) is 21.4.